The summed E-state index contributed by atoms with van der Waals surface area (Å²) < 4.78 is 15.0. The molecule has 88 valence electrons. The SMILES string of the molecule is COc1ccc([C@@H](OC)C(=O)O)c(OC)c1. The lowest BCUT2D eigenvalue weighted by atomic mass is 10.1. The number of ether oxygens (including phenoxy) is 3. The predicted molar refractivity (Wildman–Crippen MR) is 56.9 cm³/mol. The molecule has 0 aliphatic heterocycles. The minimum atomic E-state index is -1.06. The third-order valence-corrected chi connectivity index (χ3v) is 2.18. The van der Waals surface area contributed by atoms with Gasteiger partial charge in [0.25, 0.3) is 0 Å². The van der Waals surface area contributed by atoms with E-state index in [0.29, 0.717) is 17.1 Å². The average Bonchev–Trinajstić information content (AvgIpc) is 2.29. The van der Waals surface area contributed by atoms with Crippen LogP contribution in [0.1, 0.15) is 11.7 Å². The molecular weight excluding hydrogens is 212 g/mol. The summed E-state index contributed by atoms with van der Waals surface area (Å²) in [6.45, 7) is 0. The van der Waals surface area contributed by atoms with Gasteiger partial charge in [-0.2, -0.15) is 0 Å². The van der Waals surface area contributed by atoms with E-state index in [-0.39, 0.29) is 0 Å². The summed E-state index contributed by atoms with van der Waals surface area (Å²) in [5.74, 6) is -0.0413. The summed E-state index contributed by atoms with van der Waals surface area (Å²) in [5.41, 5.74) is 0.457. The van der Waals surface area contributed by atoms with Crippen LogP contribution in [-0.4, -0.2) is 32.4 Å². The fraction of sp³-hybridized carbons (Fsp3) is 0.364. The summed E-state index contributed by atoms with van der Waals surface area (Å²) in [4.78, 5) is 10.9. The molecule has 0 amide bonds. The molecule has 0 aliphatic rings. The van der Waals surface area contributed by atoms with Crippen molar-refractivity contribution >= 4 is 5.97 Å². The molecule has 16 heavy (non-hydrogen) atoms. The third kappa shape index (κ3) is 2.43. The Balaban J connectivity index is 3.16. The van der Waals surface area contributed by atoms with E-state index in [1.165, 1.54) is 21.3 Å². The van der Waals surface area contributed by atoms with Crippen LogP contribution in [0.25, 0.3) is 0 Å². The molecule has 0 bridgehead atoms. The molecular formula is C11H14O5. The van der Waals surface area contributed by atoms with Gasteiger partial charge >= 0.3 is 5.97 Å². The van der Waals surface area contributed by atoms with Crippen LogP contribution >= 0.6 is 0 Å². The molecule has 5 nitrogen and oxygen atoms in total. The van der Waals surface area contributed by atoms with Crippen molar-refractivity contribution in [3.63, 3.8) is 0 Å². The Morgan fingerprint density at radius 2 is 1.94 bits per heavy atom. The lowest BCUT2D eigenvalue weighted by Crippen LogP contribution is -2.14. The van der Waals surface area contributed by atoms with E-state index >= 15 is 0 Å². The van der Waals surface area contributed by atoms with Crippen molar-refractivity contribution in [1.82, 2.24) is 0 Å². The van der Waals surface area contributed by atoms with Crippen LogP contribution in [-0.2, 0) is 9.53 Å². The zero-order chi connectivity index (χ0) is 12.1. The summed E-state index contributed by atoms with van der Waals surface area (Å²) >= 11 is 0. The maximum absolute atomic E-state index is 10.9. The smallest absolute Gasteiger partial charge is 0.337 e. The summed E-state index contributed by atoms with van der Waals surface area (Å²) in [6.07, 6.45) is -1.04. The number of carbonyl (C=O) groups is 1. The number of benzene rings is 1. The number of carboxylic acid groups (broad SMARTS) is 1. The Hall–Kier alpha value is -1.75. The highest BCUT2D eigenvalue weighted by Gasteiger charge is 2.23. The van der Waals surface area contributed by atoms with E-state index < -0.39 is 12.1 Å². The molecule has 1 N–H and O–H groups in total. The van der Waals surface area contributed by atoms with Crippen molar-refractivity contribution in [2.24, 2.45) is 0 Å². The second-order valence-electron chi connectivity index (χ2n) is 3.06. The minimum Gasteiger partial charge on any atom is -0.497 e. The molecule has 1 aromatic carbocycles. The summed E-state index contributed by atoms with van der Waals surface area (Å²) in [6, 6.07) is 4.89. The van der Waals surface area contributed by atoms with Crippen molar-refractivity contribution in [2.75, 3.05) is 21.3 Å². The first kappa shape index (κ1) is 12.3. The van der Waals surface area contributed by atoms with Crippen molar-refractivity contribution in [2.45, 2.75) is 6.10 Å². The monoisotopic (exact) mass is 226 g/mol. The minimum absolute atomic E-state index is 0.425. The maximum atomic E-state index is 10.9. The van der Waals surface area contributed by atoms with Gasteiger partial charge in [0.05, 0.1) is 14.2 Å². The summed E-state index contributed by atoms with van der Waals surface area (Å²) in [5, 5.41) is 8.96. The van der Waals surface area contributed by atoms with Gasteiger partial charge in [0.1, 0.15) is 11.5 Å². The van der Waals surface area contributed by atoms with Gasteiger partial charge in [-0.1, -0.05) is 0 Å². The molecule has 0 heterocycles. The molecule has 0 saturated carbocycles. The number of carboxylic acids is 1. The fourth-order valence-electron chi connectivity index (χ4n) is 1.40. The van der Waals surface area contributed by atoms with Crippen LogP contribution in [0.4, 0.5) is 0 Å². The van der Waals surface area contributed by atoms with Gasteiger partial charge in [-0.15, -0.1) is 0 Å². The van der Waals surface area contributed by atoms with Gasteiger partial charge in [0.2, 0.25) is 0 Å². The maximum Gasteiger partial charge on any atom is 0.337 e. The van der Waals surface area contributed by atoms with Crippen molar-refractivity contribution in [3.05, 3.63) is 23.8 Å². The van der Waals surface area contributed by atoms with E-state index in [2.05, 4.69) is 0 Å². The largest absolute Gasteiger partial charge is 0.497 e. The van der Waals surface area contributed by atoms with Gasteiger partial charge < -0.3 is 19.3 Å². The molecule has 5 heteroatoms. The first-order chi connectivity index (χ1) is 7.63. The van der Waals surface area contributed by atoms with Gasteiger partial charge in [-0.05, 0) is 12.1 Å². The summed E-state index contributed by atoms with van der Waals surface area (Å²) in [7, 11) is 4.33. The molecule has 1 atom stereocenters. The third-order valence-electron chi connectivity index (χ3n) is 2.18. The Bertz CT molecular complexity index is 375. The van der Waals surface area contributed by atoms with E-state index in [4.69, 9.17) is 19.3 Å². The van der Waals surface area contributed by atoms with Crippen molar-refractivity contribution < 1.29 is 24.1 Å². The Labute approximate surface area is 93.6 Å². The van der Waals surface area contributed by atoms with Crippen LogP contribution in [0.15, 0.2) is 18.2 Å². The predicted octanol–water partition coefficient (Wildman–Crippen LogP) is 1.48. The number of hydrogen-bond acceptors (Lipinski definition) is 4. The van der Waals surface area contributed by atoms with E-state index in [9.17, 15) is 4.79 Å². The lowest BCUT2D eigenvalue weighted by Gasteiger charge is -2.15. The lowest BCUT2D eigenvalue weighted by molar-refractivity contribution is -0.149. The van der Waals surface area contributed by atoms with Crippen LogP contribution in [0.5, 0.6) is 11.5 Å². The molecule has 0 radical (unpaired) electrons. The quantitative estimate of drug-likeness (QED) is 0.823. The topological polar surface area (TPSA) is 65.0 Å². The van der Waals surface area contributed by atoms with Crippen LogP contribution in [0.2, 0.25) is 0 Å². The molecule has 0 fully saturated rings. The normalized spacial score (nSPS) is 11.9. The highest BCUT2D eigenvalue weighted by molar-refractivity contribution is 5.75. The number of methoxy groups -OCH3 is 3. The highest BCUT2D eigenvalue weighted by atomic mass is 16.5. The number of hydrogen-bond donors (Lipinski definition) is 1. The van der Waals surface area contributed by atoms with Crippen molar-refractivity contribution in [3.8, 4) is 11.5 Å². The molecule has 0 spiro atoms. The van der Waals surface area contributed by atoms with Crippen molar-refractivity contribution in [1.29, 1.82) is 0 Å². The molecule has 1 aromatic rings. The molecule has 0 aliphatic carbocycles. The van der Waals surface area contributed by atoms with Gasteiger partial charge in [0.15, 0.2) is 6.10 Å². The Morgan fingerprint density at radius 3 is 2.38 bits per heavy atom. The second-order valence-corrected chi connectivity index (χ2v) is 3.06. The Kier molecular flexibility index (Phi) is 4.13. The zero-order valence-electron chi connectivity index (χ0n) is 9.39. The van der Waals surface area contributed by atoms with Gasteiger partial charge in [-0.25, -0.2) is 4.79 Å². The van der Waals surface area contributed by atoms with E-state index in [0.717, 1.165) is 0 Å². The standard InChI is InChI=1S/C11H14O5/c1-14-7-4-5-8(9(6-7)15-2)10(16-3)11(12)13/h4-6,10H,1-3H3,(H,12,13)/t10-/m1/s1. The number of rotatable bonds is 5. The highest BCUT2D eigenvalue weighted by Crippen LogP contribution is 2.31. The van der Waals surface area contributed by atoms with Gasteiger partial charge in [-0.3, -0.25) is 0 Å². The first-order valence-corrected chi connectivity index (χ1v) is 4.61. The van der Waals surface area contributed by atoms with Crippen LogP contribution in [0, 0.1) is 0 Å². The van der Waals surface area contributed by atoms with Crippen LogP contribution in [0.3, 0.4) is 0 Å². The van der Waals surface area contributed by atoms with Crippen LogP contribution < -0.4 is 9.47 Å². The Morgan fingerprint density at radius 1 is 1.25 bits per heavy atom. The van der Waals surface area contributed by atoms with Gasteiger partial charge in [0, 0.05) is 18.7 Å². The fourth-order valence-corrected chi connectivity index (χ4v) is 1.40. The molecule has 0 saturated heterocycles. The zero-order valence-corrected chi connectivity index (χ0v) is 9.39. The molecule has 0 unspecified atom stereocenters. The average molecular weight is 226 g/mol. The molecule has 0 aromatic heterocycles. The second kappa shape index (κ2) is 5.37. The van der Waals surface area contributed by atoms with E-state index in [1.54, 1.807) is 18.2 Å². The first-order valence-electron chi connectivity index (χ1n) is 4.61. The number of aliphatic carboxylic acids is 1. The van der Waals surface area contributed by atoms with E-state index in [1.807, 2.05) is 0 Å². The molecule has 1 rings (SSSR count).